The molecular formula is C57H27Cl3F3N9O6. The van der Waals surface area contributed by atoms with Gasteiger partial charge >= 0.3 is 17.9 Å². The van der Waals surface area contributed by atoms with Crippen molar-refractivity contribution in [3.05, 3.63) is 202 Å². The highest BCUT2D eigenvalue weighted by Gasteiger charge is 2.34. The Morgan fingerprint density at radius 2 is 0.808 bits per heavy atom. The van der Waals surface area contributed by atoms with Gasteiger partial charge in [0.05, 0.1) is 56.6 Å². The van der Waals surface area contributed by atoms with Gasteiger partial charge in [-0.15, -0.1) is 0 Å². The zero-order valence-electron chi connectivity index (χ0n) is 39.5. The molecule has 21 heteroatoms. The maximum absolute atomic E-state index is 16.9. The Labute approximate surface area is 453 Å². The Hall–Kier alpha value is -10.3. The summed E-state index contributed by atoms with van der Waals surface area (Å²) in [4.78, 5) is 55.8. The number of esters is 3. The van der Waals surface area contributed by atoms with Crippen molar-refractivity contribution in [2.24, 2.45) is 0 Å². The number of hydrogen-bond acceptors (Lipinski definition) is 11. The van der Waals surface area contributed by atoms with Gasteiger partial charge < -0.3 is 14.2 Å². The number of aromatic nitrogens is 6. The van der Waals surface area contributed by atoms with E-state index in [9.17, 15) is 24.9 Å². The summed E-state index contributed by atoms with van der Waals surface area (Å²) in [5, 5.41) is 18.9. The van der Waals surface area contributed by atoms with E-state index in [0.717, 1.165) is 36.4 Å². The van der Waals surface area contributed by atoms with E-state index < -0.39 is 35.4 Å². The average Bonchev–Trinajstić information content (AvgIpc) is 3.22. The summed E-state index contributed by atoms with van der Waals surface area (Å²) in [5.74, 6) is -5.77. The van der Waals surface area contributed by atoms with Crippen molar-refractivity contribution < 1.29 is 41.8 Å². The summed E-state index contributed by atoms with van der Waals surface area (Å²) in [6, 6.07) is 27.9. The number of carbonyl (C=O) groups excluding carboxylic acids is 3. The van der Waals surface area contributed by atoms with Crippen molar-refractivity contribution in [2.75, 3.05) is 0 Å². The summed E-state index contributed by atoms with van der Waals surface area (Å²) in [5.41, 5.74) is -0.924. The van der Waals surface area contributed by atoms with Gasteiger partial charge in [-0.2, -0.15) is 10.5 Å². The first-order valence-electron chi connectivity index (χ1n) is 22.5. The van der Waals surface area contributed by atoms with Crippen LogP contribution in [-0.2, 0) is 14.4 Å². The van der Waals surface area contributed by atoms with Crippen molar-refractivity contribution >= 4 is 91.5 Å². The van der Waals surface area contributed by atoms with E-state index in [4.69, 9.17) is 70.5 Å². The number of fused-ring (bicyclic) bond motifs is 6. The number of hydrogen-bond donors (Lipinski definition) is 0. The van der Waals surface area contributed by atoms with Gasteiger partial charge in [-0.05, 0) is 109 Å². The molecule has 10 rings (SSSR count). The molecule has 15 nitrogen and oxygen atoms in total. The second-order valence-electron chi connectivity index (χ2n) is 16.5. The first-order chi connectivity index (χ1) is 37.6. The Morgan fingerprint density at radius 1 is 0.513 bits per heavy atom. The monoisotopic (exact) mass is 1100 g/mol. The highest BCUT2D eigenvalue weighted by atomic mass is 35.5. The molecule has 78 heavy (non-hydrogen) atoms. The number of imidazole rings is 3. The number of carbonyl (C=O) groups is 3. The lowest BCUT2D eigenvalue weighted by Gasteiger charge is -2.14. The summed E-state index contributed by atoms with van der Waals surface area (Å²) < 4.78 is 71.3. The van der Waals surface area contributed by atoms with E-state index in [-0.39, 0.29) is 133 Å². The van der Waals surface area contributed by atoms with Gasteiger partial charge in [-0.3, -0.25) is 13.7 Å². The van der Waals surface area contributed by atoms with Crippen molar-refractivity contribution in [1.82, 2.24) is 28.7 Å². The van der Waals surface area contributed by atoms with E-state index in [1.807, 2.05) is 12.1 Å². The van der Waals surface area contributed by atoms with Gasteiger partial charge in [0.25, 0.3) is 0 Å². The molecule has 0 atom stereocenters. The fourth-order valence-corrected chi connectivity index (χ4v) is 9.54. The number of ether oxygens (including phenoxy) is 3. The zero-order valence-corrected chi connectivity index (χ0v) is 41.8. The van der Waals surface area contributed by atoms with Crippen LogP contribution < -0.4 is 14.2 Å². The van der Waals surface area contributed by atoms with E-state index in [1.54, 1.807) is 0 Å². The van der Waals surface area contributed by atoms with Gasteiger partial charge in [-0.25, -0.2) is 47.4 Å². The van der Waals surface area contributed by atoms with Crippen LogP contribution in [0.5, 0.6) is 17.2 Å². The van der Waals surface area contributed by atoms with Crippen molar-refractivity contribution in [2.45, 2.75) is 0 Å². The van der Waals surface area contributed by atoms with E-state index in [0.29, 0.717) is 0 Å². The first-order valence-corrected chi connectivity index (χ1v) is 23.6. The topological polar surface area (TPSA) is 184 Å². The third-order valence-electron chi connectivity index (χ3n) is 11.9. The maximum atomic E-state index is 16.9. The molecule has 0 amide bonds. The largest absolute Gasteiger partial charge is 0.423 e. The molecule has 0 saturated heterocycles. The minimum absolute atomic E-state index is 0.0176. The quantitative estimate of drug-likeness (QED) is 0.0491. The van der Waals surface area contributed by atoms with Crippen molar-refractivity contribution in [1.29, 1.82) is 10.5 Å². The van der Waals surface area contributed by atoms with Gasteiger partial charge in [0.15, 0.2) is 5.69 Å². The Bertz CT molecular complexity index is 3870. The second-order valence-corrected chi connectivity index (χ2v) is 17.7. The first kappa shape index (κ1) is 51.2. The van der Waals surface area contributed by atoms with Gasteiger partial charge in [0.1, 0.15) is 85.3 Å². The van der Waals surface area contributed by atoms with Crippen LogP contribution in [0.1, 0.15) is 11.1 Å². The van der Waals surface area contributed by atoms with Crippen LogP contribution in [-0.4, -0.2) is 46.6 Å². The molecule has 0 aliphatic carbocycles. The molecule has 0 aliphatic heterocycles. The van der Waals surface area contributed by atoms with Gasteiger partial charge in [0, 0.05) is 40.3 Å². The van der Waals surface area contributed by atoms with Crippen LogP contribution in [0, 0.1) is 46.7 Å². The van der Waals surface area contributed by atoms with Crippen molar-refractivity contribution in [3.8, 4) is 80.6 Å². The minimum Gasteiger partial charge on any atom is -0.423 e. The Kier molecular flexibility index (Phi) is 13.4. The number of nitrogens with zero attached hydrogens (tertiary/aromatic N) is 9. The standard InChI is InChI=1S/C57H27Cl3F3N9O6/c1-5-43(73)76-34-14-8-31(9-15-34)70-52-49-53(71(32-10-16-35(17-11-32)77-44(74)6-2)55(67-49)46-37(58)20-28(26-64)22-40(46)61)51-54(50(52)68-56(70)47-38(59)21-29(27-65)23-41(47)62)72(33-12-18-36(19-13-33)78-45(75)7-3)57(69-51)48-39(60)24-30(66-4)25-42(48)63/h5-25H,1-3H2. The molecule has 0 saturated carbocycles. The summed E-state index contributed by atoms with van der Waals surface area (Å²) in [6.45, 7) is 18.0. The smallest absolute Gasteiger partial charge is 0.335 e. The van der Waals surface area contributed by atoms with Crippen LogP contribution in [0.15, 0.2) is 147 Å². The van der Waals surface area contributed by atoms with Gasteiger partial charge in [-0.1, -0.05) is 54.5 Å². The molecule has 0 radical (unpaired) electrons. The number of benzene rings is 7. The molecule has 3 heterocycles. The lowest BCUT2D eigenvalue weighted by molar-refractivity contribution is -0.129. The number of halogens is 6. The lowest BCUT2D eigenvalue weighted by atomic mass is 10.1. The van der Waals surface area contributed by atoms with Crippen LogP contribution in [0.2, 0.25) is 15.1 Å². The lowest BCUT2D eigenvalue weighted by Crippen LogP contribution is -2.04. The predicted molar refractivity (Wildman–Crippen MR) is 285 cm³/mol. The molecule has 0 bridgehead atoms. The summed E-state index contributed by atoms with van der Waals surface area (Å²) in [6.07, 6.45) is 2.88. The van der Waals surface area contributed by atoms with Crippen molar-refractivity contribution in [3.63, 3.8) is 0 Å². The third-order valence-corrected chi connectivity index (χ3v) is 12.8. The third kappa shape index (κ3) is 8.91. The normalized spacial score (nSPS) is 11.0. The molecule has 0 spiro atoms. The molecule has 3 aromatic heterocycles. The maximum Gasteiger partial charge on any atom is 0.335 e. The molecule has 0 aliphatic rings. The fraction of sp³-hybridized carbons (Fsp3) is 0. The predicted octanol–water partition coefficient (Wildman–Crippen LogP) is 13.7. The van der Waals surface area contributed by atoms with E-state index >= 15 is 13.2 Å². The number of nitriles is 2. The van der Waals surface area contributed by atoms with Gasteiger partial charge in [0.2, 0.25) is 0 Å². The molecule has 378 valence electrons. The van der Waals surface area contributed by atoms with Crippen LogP contribution in [0.25, 0.3) is 89.2 Å². The molecule has 0 N–H and O–H groups in total. The highest BCUT2D eigenvalue weighted by molar-refractivity contribution is 6.35. The minimum atomic E-state index is -0.998. The average molecular weight is 1100 g/mol. The van der Waals surface area contributed by atoms with Crippen LogP contribution in [0.4, 0.5) is 18.9 Å². The zero-order chi connectivity index (χ0) is 55.3. The molecule has 0 unspecified atom stereocenters. The summed E-state index contributed by atoms with van der Waals surface area (Å²) >= 11 is 20.8. The molecule has 10 aromatic rings. The Morgan fingerprint density at radius 3 is 1.06 bits per heavy atom. The van der Waals surface area contributed by atoms with E-state index in [2.05, 4.69) is 24.6 Å². The second kappa shape index (κ2) is 20.4. The number of rotatable bonds is 12. The summed E-state index contributed by atoms with van der Waals surface area (Å²) in [7, 11) is 0. The van der Waals surface area contributed by atoms with Crippen LogP contribution in [0.3, 0.4) is 0 Å². The molecular weight excluding hydrogens is 1070 g/mol. The molecule has 0 fully saturated rings. The molecule has 7 aromatic carbocycles. The van der Waals surface area contributed by atoms with E-state index in [1.165, 1.54) is 105 Å². The Balaban J connectivity index is 1.49. The SMILES string of the molecule is [C-]#[N+]c1cc(F)c(-c2nc3c4c(nc(-c5c(F)cc(C#N)cc5Cl)n4-c4ccc(OC(=O)C=C)cc4)c4c(nc(-c5c(F)cc(C#N)cc5Cl)n4-c4ccc(OC(=O)C=C)cc4)c3n2-c2ccc(OC(=O)C=C)cc2)c(Cl)c1. The fourth-order valence-electron chi connectivity index (χ4n) is 8.67. The van der Waals surface area contributed by atoms with Crippen LogP contribution >= 0.6 is 34.8 Å². The highest BCUT2D eigenvalue weighted by Crippen LogP contribution is 2.48.